The largest absolute Gasteiger partial charge is 0.376 e. The number of carbonyl (C=O) groups excluding carboxylic acids is 2. The van der Waals surface area contributed by atoms with Crippen LogP contribution in [0.5, 0.6) is 0 Å². The zero-order chi connectivity index (χ0) is 15.5. The van der Waals surface area contributed by atoms with Crippen molar-refractivity contribution in [2.45, 2.75) is 37.8 Å². The zero-order valence-corrected chi connectivity index (χ0v) is 13.6. The lowest BCUT2D eigenvalue weighted by atomic mass is 9.87. The topological polar surface area (TPSA) is 58.6 Å². The van der Waals surface area contributed by atoms with E-state index in [-0.39, 0.29) is 29.9 Å². The van der Waals surface area contributed by atoms with E-state index in [0.717, 1.165) is 24.3 Å². The molecule has 0 unspecified atom stereocenters. The van der Waals surface area contributed by atoms with Crippen LogP contribution in [0.4, 0.5) is 0 Å². The second-order valence-corrected chi connectivity index (χ2v) is 6.97. The molecule has 0 aliphatic carbocycles. The monoisotopic (exact) mass is 322 g/mol. The highest BCUT2D eigenvalue weighted by atomic mass is 32.1. The SMILES string of the molecule is CN1C(=O)CC[C@H](C(=O)NC[C@H]2CCCO2)[C@@H]1c1cccs1. The average molecular weight is 322 g/mol. The van der Waals surface area contributed by atoms with Gasteiger partial charge in [0.05, 0.1) is 18.1 Å². The van der Waals surface area contributed by atoms with E-state index in [1.807, 2.05) is 17.5 Å². The van der Waals surface area contributed by atoms with Gasteiger partial charge in [-0.15, -0.1) is 11.3 Å². The van der Waals surface area contributed by atoms with Crippen LogP contribution in [0.15, 0.2) is 17.5 Å². The summed E-state index contributed by atoms with van der Waals surface area (Å²) in [6.45, 7) is 1.36. The molecule has 0 radical (unpaired) electrons. The molecule has 2 fully saturated rings. The molecule has 5 nitrogen and oxygen atoms in total. The first kappa shape index (κ1) is 15.5. The Labute approximate surface area is 134 Å². The Morgan fingerprint density at radius 1 is 1.50 bits per heavy atom. The van der Waals surface area contributed by atoms with E-state index in [9.17, 15) is 9.59 Å². The standard InChI is InChI=1S/C16H22N2O3S/c1-18-14(19)7-6-12(15(18)13-5-3-9-22-13)16(20)17-10-11-4-2-8-21-11/h3,5,9,11-12,15H,2,4,6-8,10H2,1H3,(H,17,20)/t11-,12+,15-/m1/s1. The van der Waals surface area contributed by atoms with Crippen molar-refractivity contribution in [3.05, 3.63) is 22.4 Å². The third-order valence-corrected chi connectivity index (χ3v) is 5.50. The van der Waals surface area contributed by atoms with E-state index >= 15 is 0 Å². The molecule has 3 rings (SSSR count). The number of nitrogens with zero attached hydrogens (tertiary/aromatic N) is 1. The van der Waals surface area contributed by atoms with Gasteiger partial charge in [-0.25, -0.2) is 0 Å². The molecule has 1 N–H and O–H groups in total. The Balaban J connectivity index is 1.69. The van der Waals surface area contributed by atoms with Crippen molar-refractivity contribution in [2.75, 3.05) is 20.2 Å². The van der Waals surface area contributed by atoms with Gasteiger partial charge >= 0.3 is 0 Å². The molecule has 1 aromatic heterocycles. The minimum Gasteiger partial charge on any atom is -0.376 e. The molecule has 6 heteroatoms. The molecule has 1 aromatic rings. The van der Waals surface area contributed by atoms with Gasteiger partial charge in [0.1, 0.15) is 0 Å². The normalized spacial score (nSPS) is 28.9. The summed E-state index contributed by atoms with van der Waals surface area (Å²) in [4.78, 5) is 27.4. The van der Waals surface area contributed by atoms with E-state index in [1.54, 1.807) is 23.3 Å². The second-order valence-electron chi connectivity index (χ2n) is 5.99. The van der Waals surface area contributed by atoms with Crippen molar-refractivity contribution in [3.8, 4) is 0 Å². The Morgan fingerprint density at radius 3 is 3.05 bits per heavy atom. The molecule has 120 valence electrons. The van der Waals surface area contributed by atoms with Gasteiger partial charge < -0.3 is 15.0 Å². The summed E-state index contributed by atoms with van der Waals surface area (Å²) in [7, 11) is 1.80. The van der Waals surface area contributed by atoms with Gasteiger partial charge in [-0.05, 0) is 30.7 Å². The smallest absolute Gasteiger partial charge is 0.225 e. The Morgan fingerprint density at radius 2 is 2.36 bits per heavy atom. The summed E-state index contributed by atoms with van der Waals surface area (Å²) in [5, 5.41) is 5.01. The van der Waals surface area contributed by atoms with E-state index < -0.39 is 0 Å². The summed E-state index contributed by atoms with van der Waals surface area (Å²) < 4.78 is 5.55. The van der Waals surface area contributed by atoms with Gasteiger partial charge in [-0.1, -0.05) is 6.07 Å². The number of likely N-dealkylation sites (tertiary alicyclic amines) is 1. The molecule has 3 heterocycles. The first-order valence-corrected chi connectivity index (χ1v) is 8.73. The highest BCUT2D eigenvalue weighted by molar-refractivity contribution is 7.10. The molecule has 2 amide bonds. The van der Waals surface area contributed by atoms with Crippen LogP contribution in [-0.4, -0.2) is 43.0 Å². The fraction of sp³-hybridized carbons (Fsp3) is 0.625. The number of nitrogens with one attached hydrogen (secondary N) is 1. The maximum Gasteiger partial charge on any atom is 0.225 e. The van der Waals surface area contributed by atoms with Crippen LogP contribution in [0.25, 0.3) is 0 Å². The molecule has 0 spiro atoms. The maximum atomic E-state index is 12.6. The first-order chi connectivity index (χ1) is 10.7. The number of rotatable bonds is 4. The summed E-state index contributed by atoms with van der Waals surface area (Å²) in [5.74, 6) is -0.0300. The molecule has 22 heavy (non-hydrogen) atoms. The minimum atomic E-state index is -0.178. The summed E-state index contributed by atoms with van der Waals surface area (Å²) in [6, 6.07) is 3.82. The molecule has 0 bridgehead atoms. The van der Waals surface area contributed by atoms with Crippen molar-refractivity contribution in [1.82, 2.24) is 10.2 Å². The number of thiophene rings is 1. The van der Waals surface area contributed by atoms with E-state index in [4.69, 9.17) is 4.74 Å². The van der Waals surface area contributed by atoms with Crippen LogP contribution in [0, 0.1) is 5.92 Å². The van der Waals surface area contributed by atoms with Crippen LogP contribution in [0.3, 0.4) is 0 Å². The molecule has 2 saturated heterocycles. The van der Waals surface area contributed by atoms with Crippen LogP contribution >= 0.6 is 11.3 Å². The Bertz CT molecular complexity index is 526. The number of carbonyl (C=O) groups is 2. The number of hydrogen-bond donors (Lipinski definition) is 1. The summed E-state index contributed by atoms with van der Waals surface area (Å²) in [5.41, 5.74) is 0. The fourth-order valence-electron chi connectivity index (χ4n) is 3.31. The lowest BCUT2D eigenvalue weighted by molar-refractivity contribution is -0.141. The number of piperidine rings is 1. The molecular weight excluding hydrogens is 300 g/mol. The van der Waals surface area contributed by atoms with Crippen LogP contribution in [0.1, 0.15) is 36.6 Å². The van der Waals surface area contributed by atoms with Gasteiger partial charge in [0.25, 0.3) is 0 Å². The molecule has 0 aromatic carbocycles. The molecule has 2 aliphatic rings. The molecule has 0 saturated carbocycles. The molecular formula is C16H22N2O3S. The van der Waals surface area contributed by atoms with Crippen LogP contribution in [-0.2, 0) is 14.3 Å². The minimum absolute atomic E-state index is 0.0354. The first-order valence-electron chi connectivity index (χ1n) is 7.85. The summed E-state index contributed by atoms with van der Waals surface area (Å²) in [6.07, 6.45) is 3.28. The molecule has 2 aliphatic heterocycles. The highest BCUT2D eigenvalue weighted by Crippen LogP contribution is 2.37. The average Bonchev–Trinajstić information content (AvgIpc) is 3.20. The van der Waals surface area contributed by atoms with E-state index in [0.29, 0.717) is 19.4 Å². The number of hydrogen-bond acceptors (Lipinski definition) is 4. The predicted octanol–water partition coefficient (Wildman–Crippen LogP) is 1.95. The van der Waals surface area contributed by atoms with Crippen LogP contribution < -0.4 is 5.32 Å². The number of amides is 2. The van der Waals surface area contributed by atoms with Gasteiger partial charge in [-0.3, -0.25) is 9.59 Å². The van der Waals surface area contributed by atoms with Crippen molar-refractivity contribution in [3.63, 3.8) is 0 Å². The highest BCUT2D eigenvalue weighted by Gasteiger charge is 2.39. The fourth-order valence-corrected chi connectivity index (χ4v) is 4.25. The van der Waals surface area contributed by atoms with Gasteiger partial charge in [0, 0.05) is 31.5 Å². The van der Waals surface area contributed by atoms with Crippen molar-refractivity contribution in [1.29, 1.82) is 0 Å². The van der Waals surface area contributed by atoms with E-state index in [2.05, 4.69) is 5.32 Å². The quantitative estimate of drug-likeness (QED) is 0.922. The number of ether oxygens (including phenoxy) is 1. The van der Waals surface area contributed by atoms with Crippen molar-refractivity contribution >= 4 is 23.2 Å². The third-order valence-electron chi connectivity index (χ3n) is 4.56. The van der Waals surface area contributed by atoms with Crippen molar-refractivity contribution < 1.29 is 14.3 Å². The van der Waals surface area contributed by atoms with Gasteiger partial charge in [0.15, 0.2) is 0 Å². The summed E-state index contributed by atoms with van der Waals surface area (Å²) >= 11 is 1.60. The third kappa shape index (κ3) is 3.17. The lowest BCUT2D eigenvalue weighted by Gasteiger charge is -2.37. The van der Waals surface area contributed by atoms with Crippen LogP contribution in [0.2, 0.25) is 0 Å². The maximum absolute atomic E-state index is 12.6. The Kier molecular flexibility index (Phi) is 4.78. The van der Waals surface area contributed by atoms with Gasteiger partial charge in [-0.2, -0.15) is 0 Å². The van der Waals surface area contributed by atoms with Crippen molar-refractivity contribution in [2.24, 2.45) is 5.92 Å². The Hall–Kier alpha value is -1.40. The van der Waals surface area contributed by atoms with Gasteiger partial charge in [0.2, 0.25) is 11.8 Å². The second kappa shape index (κ2) is 6.79. The van der Waals surface area contributed by atoms with E-state index in [1.165, 1.54) is 0 Å². The lowest BCUT2D eigenvalue weighted by Crippen LogP contribution is -2.47. The zero-order valence-electron chi connectivity index (χ0n) is 12.8. The predicted molar refractivity (Wildman–Crippen MR) is 84.5 cm³/mol. The molecule has 3 atom stereocenters.